The largest absolute Gasteiger partial charge is 0.478 e. The number of hydrogen-bond donors (Lipinski definition) is 4. The molecule has 0 saturated carbocycles. The Hall–Kier alpha value is -1.82. The number of H-pyrrole nitrogens is 1. The number of carbonyl (C=O) groups is 1. The molecule has 5 N–H and O–H groups in total. The van der Waals surface area contributed by atoms with E-state index in [2.05, 4.69) is 10.4 Å². The van der Waals surface area contributed by atoms with Crippen LogP contribution in [0.25, 0.3) is 0 Å². The third-order valence-corrected chi connectivity index (χ3v) is 1.31. The third-order valence-electron chi connectivity index (χ3n) is 1.31. The van der Waals surface area contributed by atoms with Crippen molar-refractivity contribution in [2.75, 3.05) is 5.43 Å². The van der Waals surface area contributed by atoms with Gasteiger partial charge in [0.15, 0.2) is 0 Å². The molecule has 0 bridgehead atoms. The van der Waals surface area contributed by atoms with Crippen LogP contribution >= 0.6 is 0 Å². The summed E-state index contributed by atoms with van der Waals surface area (Å²) < 4.78 is 0. The van der Waals surface area contributed by atoms with Crippen molar-refractivity contribution in [3.8, 4) is 0 Å². The van der Waals surface area contributed by atoms with Gasteiger partial charge in [0.05, 0.1) is 5.69 Å². The first-order valence-corrected chi connectivity index (χ1v) is 3.08. The second kappa shape index (κ2) is 3.05. The number of aromatic amines is 1. The van der Waals surface area contributed by atoms with Crippen molar-refractivity contribution >= 4 is 11.7 Å². The molecule has 1 aromatic heterocycles. The fraction of sp³-hybridized carbons (Fsp3) is 0. The maximum Gasteiger partial charge on any atom is 0.339 e. The highest BCUT2D eigenvalue weighted by molar-refractivity contribution is 5.93. The van der Waals surface area contributed by atoms with E-state index in [-0.39, 0.29) is 11.3 Å². The number of nitrogens with two attached hydrogens (primary N) is 1. The van der Waals surface area contributed by atoms with Crippen LogP contribution in [0, 0.1) is 0 Å². The number of hydrazine groups is 1. The summed E-state index contributed by atoms with van der Waals surface area (Å²) in [4.78, 5) is 23.4. The van der Waals surface area contributed by atoms with Crippen LogP contribution in [0.4, 0.5) is 5.69 Å². The normalized spacial score (nSPS) is 9.42. The molecule has 0 amide bonds. The number of pyridine rings is 1. The summed E-state index contributed by atoms with van der Waals surface area (Å²) in [5.41, 5.74) is 1.72. The number of carboxylic acid groups (broad SMARTS) is 1. The third kappa shape index (κ3) is 1.43. The van der Waals surface area contributed by atoms with Gasteiger partial charge in [0, 0.05) is 12.3 Å². The predicted molar refractivity (Wildman–Crippen MR) is 41.8 cm³/mol. The molecule has 0 radical (unpaired) electrons. The van der Waals surface area contributed by atoms with Crippen molar-refractivity contribution in [2.24, 2.45) is 5.84 Å². The fourth-order valence-corrected chi connectivity index (χ4v) is 0.768. The minimum atomic E-state index is -1.15. The Labute approximate surface area is 67.0 Å². The number of nitrogen functional groups attached to an aromatic ring is 1. The van der Waals surface area contributed by atoms with Gasteiger partial charge in [0.1, 0.15) is 5.56 Å². The monoisotopic (exact) mass is 169 g/mol. The molecular formula is C6H7N3O3. The van der Waals surface area contributed by atoms with Crippen molar-refractivity contribution in [1.29, 1.82) is 0 Å². The summed E-state index contributed by atoms with van der Waals surface area (Å²) in [5.74, 6) is 3.84. The van der Waals surface area contributed by atoms with Crippen LogP contribution in [0.15, 0.2) is 17.1 Å². The molecule has 64 valence electrons. The van der Waals surface area contributed by atoms with Gasteiger partial charge >= 0.3 is 5.97 Å². The molecule has 12 heavy (non-hydrogen) atoms. The van der Waals surface area contributed by atoms with Gasteiger partial charge in [-0.15, -0.1) is 0 Å². The number of hydrogen-bond acceptors (Lipinski definition) is 4. The number of rotatable bonds is 2. The SMILES string of the molecule is NNc1cc(=O)[nH]cc1C(=O)O. The number of aromatic carboxylic acids is 1. The average molecular weight is 169 g/mol. The summed E-state index contributed by atoms with van der Waals surface area (Å²) in [6.45, 7) is 0. The minimum Gasteiger partial charge on any atom is -0.478 e. The summed E-state index contributed by atoms with van der Waals surface area (Å²) in [6, 6.07) is 1.07. The molecule has 1 rings (SSSR count). The van der Waals surface area contributed by atoms with E-state index in [9.17, 15) is 9.59 Å². The number of carboxylic acids is 1. The molecule has 0 aliphatic heterocycles. The number of nitrogens with one attached hydrogen (secondary N) is 2. The first-order chi connectivity index (χ1) is 5.65. The molecule has 1 aromatic rings. The van der Waals surface area contributed by atoms with E-state index in [1.54, 1.807) is 0 Å². The minimum absolute atomic E-state index is 0.0721. The van der Waals surface area contributed by atoms with Gasteiger partial charge < -0.3 is 15.5 Å². The molecule has 0 atom stereocenters. The first kappa shape index (κ1) is 8.28. The van der Waals surface area contributed by atoms with Crippen LogP contribution in [0.2, 0.25) is 0 Å². The standard InChI is InChI=1S/C6H7N3O3/c7-9-4-1-5(10)8-2-3(4)6(11)12/h1-2H,7H2,(H,11,12)(H2,8,9,10). The van der Waals surface area contributed by atoms with Crippen LogP contribution in [0.1, 0.15) is 10.4 Å². The Morgan fingerprint density at radius 3 is 2.83 bits per heavy atom. The number of aromatic nitrogens is 1. The summed E-state index contributed by atoms with van der Waals surface area (Å²) in [6.07, 6.45) is 1.08. The van der Waals surface area contributed by atoms with Gasteiger partial charge in [-0.25, -0.2) is 4.79 Å². The van der Waals surface area contributed by atoms with E-state index in [4.69, 9.17) is 10.9 Å². The van der Waals surface area contributed by atoms with E-state index < -0.39 is 11.5 Å². The van der Waals surface area contributed by atoms with Crippen molar-refractivity contribution < 1.29 is 9.90 Å². The van der Waals surface area contributed by atoms with E-state index in [0.29, 0.717) is 0 Å². The zero-order valence-corrected chi connectivity index (χ0v) is 6.00. The molecule has 0 aliphatic carbocycles. The van der Waals surface area contributed by atoms with E-state index >= 15 is 0 Å². The van der Waals surface area contributed by atoms with Crippen LogP contribution in [-0.4, -0.2) is 16.1 Å². The predicted octanol–water partition coefficient (Wildman–Crippen LogP) is -0.641. The highest BCUT2D eigenvalue weighted by Crippen LogP contribution is 2.08. The topological polar surface area (TPSA) is 108 Å². The first-order valence-electron chi connectivity index (χ1n) is 3.08. The molecule has 0 fully saturated rings. The molecule has 0 saturated heterocycles. The lowest BCUT2D eigenvalue weighted by Gasteiger charge is -2.01. The lowest BCUT2D eigenvalue weighted by atomic mass is 10.2. The molecule has 1 heterocycles. The summed E-state index contributed by atoms with van der Waals surface area (Å²) in [7, 11) is 0. The Morgan fingerprint density at radius 2 is 2.33 bits per heavy atom. The molecule has 6 heteroatoms. The van der Waals surface area contributed by atoms with Crippen LogP contribution in [0.5, 0.6) is 0 Å². The molecule has 6 nitrogen and oxygen atoms in total. The van der Waals surface area contributed by atoms with Gasteiger partial charge in [-0.1, -0.05) is 0 Å². The van der Waals surface area contributed by atoms with Crippen LogP contribution < -0.4 is 16.8 Å². The van der Waals surface area contributed by atoms with Gasteiger partial charge in [-0.2, -0.15) is 0 Å². The van der Waals surface area contributed by atoms with Crippen molar-refractivity contribution in [3.05, 3.63) is 28.2 Å². The smallest absolute Gasteiger partial charge is 0.339 e. The van der Waals surface area contributed by atoms with Crippen LogP contribution in [-0.2, 0) is 0 Å². The quantitative estimate of drug-likeness (QED) is 0.348. The Morgan fingerprint density at radius 1 is 1.67 bits per heavy atom. The van der Waals surface area contributed by atoms with Crippen molar-refractivity contribution in [1.82, 2.24) is 4.98 Å². The summed E-state index contributed by atoms with van der Waals surface area (Å²) in [5, 5.41) is 8.57. The lowest BCUT2D eigenvalue weighted by Crippen LogP contribution is -2.16. The molecule has 0 aromatic carbocycles. The van der Waals surface area contributed by atoms with Crippen LogP contribution in [0.3, 0.4) is 0 Å². The highest BCUT2D eigenvalue weighted by Gasteiger charge is 2.08. The maximum absolute atomic E-state index is 10.7. The average Bonchev–Trinajstić information content (AvgIpc) is 2.03. The molecular weight excluding hydrogens is 162 g/mol. The van der Waals surface area contributed by atoms with Crippen molar-refractivity contribution in [3.63, 3.8) is 0 Å². The fourth-order valence-electron chi connectivity index (χ4n) is 0.768. The molecule has 0 unspecified atom stereocenters. The van der Waals surface area contributed by atoms with Gasteiger partial charge in [-0.05, 0) is 0 Å². The van der Waals surface area contributed by atoms with Crippen molar-refractivity contribution in [2.45, 2.75) is 0 Å². The summed E-state index contributed by atoms with van der Waals surface area (Å²) >= 11 is 0. The van der Waals surface area contributed by atoms with Gasteiger partial charge in [0.2, 0.25) is 5.56 Å². The maximum atomic E-state index is 10.7. The Balaban J connectivity index is 3.29. The number of anilines is 1. The molecule has 0 spiro atoms. The lowest BCUT2D eigenvalue weighted by molar-refractivity contribution is 0.0697. The van der Waals surface area contributed by atoms with E-state index in [1.807, 2.05) is 0 Å². The zero-order valence-electron chi connectivity index (χ0n) is 6.00. The highest BCUT2D eigenvalue weighted by atomic mass is 16.4. The second-order valence-corrected chi connectivity index (χ2v) is 2.07. The Kier molecular flexibility index (Phi) is 2.11. The van der Waals surface area contributed by atoms with E-state index in [1.165, 1.54) is 0 Å². The van der Waals surface area contributed by atoms with E-state index in [0.717, 1.165) is 12.3 Å². The second-order valence-electron chi connectivity index (χ2n) is 2.07. The zero-order chi connectivity index (χ0) is 9.14. The van der Waals surface area contributed by atoms with Gasteiger partial charge in [-0.3, -0.25) is 10.6 Å². The molecule has 0 aliphatic rings. The Bertz CT molecular complexity index is 357. The van der Waals surface area contributed by atoms with Gasteiger partial charge in [0.25, 0.3) is 0 Å².